The number of aromatic amines is 1. The quantitative estimate of drug-likeness (QED) is 0.0493. The van der Waals surface area contributed by atoms with Crippen molar-refractivity contribution < 1.29 is 33.9 Å². The molecule has 2 heterocycles. The van der Waals surface area contributed by atoms with E-state index >= 15 is 0 Å². The lowest BCUT2D eigenvalue weighted by Crippen LogP contribution is -2.55. The lowest BCUT2D eigenvalue weighted by Gasteiger charge is -2.23. The fourth-order valence-electron chi connectivity index (χ4n) is 5.63. The van der Waals surface area contributed by atoms with Crippen LogP contribution in [0.4, 0.5) is 0 Å². The molecule has 0 bridgehead atoms. The van der Waals surface area contributed by atoms with Crippen molar-refractivity contribution in [3.05, 3.63) is 36.0 Å². The predicted molar refractivity (Wildman–Crippen MR) is 182 cm³/mol. The average Bonchev–Trinajstić information content (AvgIpc) is 3.71. The van der Waals surface area contributed by atoms with Crippen LogP contribution in [0, 0.1) is 5.92 Å². The lowest BCUT2D eigenvalue weighted by molar-refractivity contribution is -0.148. The Morgan fingerprint density at radius 3 is 2.39 bits per heavy atom. The lowest BCUT2D eigenvalue weighted by atomic mass is 10.0. The number of aliphatic imine (C=N–C) groups is 1. The molecule has 0 spiro atoms. The van der Waals surface area contributed by atoms with Gasteiger partial charge in [0, 0.05) is 30.2 Å². The summed E-state index contributed by atoms with van der Waals surface area (Å²) in [7, 11) is 0. The molecule has 1 aliphatic rings. The number of carboxylic acids is 1. The number of H-pyrrole nitrogens is 1. The summed E-state index contributed by atoms with van der Waals surface area (Å²) in [6.45, 7) is 3.23. The first-order valence-electron chi connectivity index (χ1n) is 16.3. The number of nitrogens with two attached hydrogens (primary N) is 3. The number of amides is 5. The van der Waals surface area contributed by atoms with E-state index in [1.54, 1.807) is 6.20 Å². The molecular formula is C32H48N10O7. The molecule has 3 rings (SSSR count). The number of nitrogens with zero attached hydrogens (tertiary/aromatic N) is 2. The molecule has 0 aliphatic carbocycles. The Hall–Kier alpha value is -5.19. The van der Waals surface area contributed by atoms with Crippen LogP contribution in [0.1, 0.15) is 51.5 Å². The van der Waals surface area contributed by atoms with Crippen molar-refractivity contribution in [3.8, 4) is 0 Å². The van der Waals surface area contributed by atoms with E-state index in [2.05, 4.69) is 31.2 Å². The van der Waals surface area contributed by atoms with Crippen LogP contribution in [0.3, 0.4) is 0 Å². The number of carbonyl (C=O) groups excluding carboxylic acids is 5. The molecule has 12 N–H and O–H groups in total. The van der Waals surface area contributed by atoms with Crippen LogP contribution in [0.25, 0.3) is 10.9 Å². The second kappa shape index (κ2) is 18.4. The van der Waals surface area contributed by atoms with E-state index in [9.17, 15) is 33.9 Å². The average molecular weight is 685 g/mol. The minimum Gasteiger partial charge on any atom is -0.480 e. The highest BCUT2D eigenvalue weighted by Crippen LogP contribution is 2.19. The number of hydrogen-bond donors (Lipinski definition) is 9. The van der Waals surface area contributed by atoms with Crippen LogP contribution in [0.5, 0.6) is 0 Å². The molecule has 1 aromatic heterocycles. The van der Waals surface area contributed by atoms with Gasteiger partial charge < -0.3 is 53.5 Å². The summed E-state index contributed by atoms with van der Waals surface area (Å²) >= 11 is 0. The standard InChI is InChI=1S/C32H48N10O7/c1-18(2)13-24(41-28(45)21(33)14-19-15-37-22-8-4-3-7-20(19)22)30(47)38-16-26(43)40-23(9-5-11-36-32(34)35)29(46)39-17-27(44)42-12-6-10-25(42)31(48)49/h3-4,7-8,15,18,21,23-25,37H,5-6,9-14,16-17,33H2,1-2H3,(H,38,47)(H,39,46)(H,40,43)(H,41,45)(H,48,49)(H4,34,35,36)/t21-,23-,24-,25-/m0/s1. The van der Waals surface area contributed by atoms with Crippen molar-refractivity contribution in [2.45, 2.75) is 76.5 Å². The van der Waals surface area contributed by atoms with E-state index in [0.717, 1.165) is 16.5 Å². The van der Waals surface area contributed by atoms with Crippen molar-refractivity contribution in [2.24, 2.45) is 28.1 Å². The molecule has 1 aliphatic heterocycles. The molecule has 0 unspecified atom stereocenters. The molecule has 2 aromatic rings. The summed E-state index contributed by atoms with van der Waals surface area (Å²) in [5, 5.41) is 20.5. The highest BCUT2D eigenvalue weighted by atomic mass is 16.4. The van der Waals surface area contributed by atoms with E-state index in [0.29, 0.717) is 19.3 Å². The SMILES string of the molecule is CC(C)C[C@H](NC(=O)[C@@H](N)Cc1c[nH]c2ccccc12)C(=O)NCC(=O)N[C@@H](CCCN=C(N)N)C(=O)NCC(=O)N1CCC[C@H]1C(=O)O. The maximum Gasteiger partial charge on any atom is 0.326 e. The molecule has 0 radical (unpaired) electrons. The molecule has 1 saturated heterocycles. The number of guanidine groups is 1. The monoisotopic (exact) mass is 684 g/mol. The Bertz CT molecular complexity index is 1520. The number of carbonyl (C=O) groups is 6. The largest absolute Gasteiger partial charge is 0.480 e. The van der Waals surface area contributed by atoms with Gasteiger partial charge in [-0.05, 0) is 56.1 Å². The number of hydrogen-bond acceptors (Lipinski definition) is 8. The summed E-state index contributed by atoms with van der Waals surface area (Å²) in [6.07, 6.45) is 3.56. The highest BCUT2D eigenvalue weighted by molar-refractivity contribution is 5.94. The van der Waals surface area contributed by atoms with Gasteiger partial charge in [0.05, 0.1) is 19.1 Å². The van der Waals surface area contributed by atoms with Gasteiger partial charge in [-0.1, -0.05) is 32.0 Å². The van der Waals surface area contributed by atoms with E-state index in [4.69, 9.17) is 17.2 Å². The first-order chi connectivity index (χ1) is 23.3. The van der Waals surface area contributed by atoms with Crippen LogP contribution < -0.4 is 38.5 Å². The second-order valence-electron chi connectivity index (χ2n) is 12.4. The van der Waals surface area contributed by atoms with Crippen LogP contribution >= 0.6 is 0 Å². The van der Waals surface area contributed by atoms with Gasteiger partial charge in [0.2, 0.25) is 29.5 Å². The van der Waals surface area contributed by atoms with E-state index < -0.39 is 72.8 Å². The Labute approximate surface area is 284 Å². The zero-order valence-corrected chi connectivity index (χ0v) is 27.9. The molecule has 268 valence electrons. The summed E-state index contributed by atoms with van der Waals surface area (Å²) in [5.74, 6) is -4.31. The Balaban J connectivity index is 1.57. The van der Waals surface area contributed by atoms with Gasteiger partial charge in [-0.15, -0.1) is 0 Å². The first-order valence-corrected chi connectivity index (χ1v) is 16.3. The summed E-state index contributed by atoms with van der Waals surface area (Å²) in [5.41, 5.74) is 18.7. The van der Waals surface area contributed by atoms with Gasteiger partial charge in [0.1, 0.15) is 18.1 Å². The third-order valence-electron chi connectivity index (χ3n) is 8.08. The summed E-state index contributed by atoms with van der Waals surface area (Å²) < 4.78 is 0. The third kappa shape index (κ3) is 11.8. The predicted octanol–water partition coefficient (Wildman–Crippen LogP) is -1.58. The zero-order valence-electron chi connectivity index (χ0n) is 27.9. The van der Waals surface area contributed by atoms with Crippen LogP contribution in [-0.4, -0.2) is 107 Å². The van der Waals surface area contributed by atoms with Crippen LogP contribution in [0.2, 0.25) is 0 Å². The number of likely N-dealkylation sites (tertiary alicyclic amines) is 1. The van der Waals surface area contributed by atoms with Gasteiger partial charge in [-0.2, -0.15) is 0 Å². The maximum atomic E-state index is 13.2. The highest BCUT2D eigenvalue weighted by Gasteiger charge is 2.34. The molecule has 17 nitrogen and oxygen atoms in total. The molecule has 1 aromatic carbocycles. The maximum absolute atomic E-state index is 13.2. The molecule has 4 atom stereocenters. The number of aliphatic carboxylic acids is 1. The Morgan fingerprint density at radius 1 is 1.00 bits per heavy atom. The molecule has 17 heteroatoms. The van der Waals surface area contributed by atoms with Crippen molar-refractivity contribution in [3.63, 3.8) is 0 Å². The number of nitrogens with one attached hydrogen (secondary N) is 5. The summed E-state index contributed by atoms with van der Waals surface area (Å²) in [4.78, 5) is 84.4. The second-order valence-corrected chi connectivity index (χ2v) is 12.4. The molecular weight excluding hydrogens is 636 g/mol. The molecule has 49 heavy (non-hydrogen) atoms. The fourth-order valence-corrected chi connectivity index (χ4v) is 5.63. The minimum absolute atomic E-state index is 0.0158. The topological polar surface area (TPSA) is 280 Å². The number of aromatic nitrogens is 1. The van der Waals surface area contributed by atoms with E-state index in [1.165, 1.54) is 4.90 Å². The smallest absolute Gasteiger partial charge is 0.326 e. The molecule has 5 amide bonds. The Kier molecular flexibility index (Phi) is 14.4. The van der Waals surface area contributed by atoms with Crippen molar-refractivity contribution >= 4 is 52.4 Å². The van der Waals surface area contributed by atoms with E-state index in [1.807, 2.05) is 38.1 Å². The van der Waals surface area contributed by atoms with Crippen molar-refractivity contribution in [1.29, 1.82) is 0 Å². The van der Waals surface area contributed by atoms with E-state index in [-0.39, 0.29) is 44.2 Å². The van der Waals surface area contributed by atoms with Gasteiger partial charge >= 0.3 is 5.97 Å². The number of para-hydroxylation sites is 1. The third-order valence-corrected chi connectivity index (χ3v) is 8.08. The van der Waals surface area contributed by atoms with Crippen molar-refractivity contribution in [1.82, 2.24) is 31.2 Å². The Morgan fingerprint density at radius 2 is 1.69 bits per heavy atom. The normalized spacial score (nSPS) is 16.0. The van der Waals surface area contributed by atoms with Crippen molar-refractivity contribution in [2.75, 3.05) is 26.2 Å². The molecule has 1 fully saturated rings. The number of benzene rings is 1. The number of carboxylic acid groups (broad SMARTS) is 1. The van der Waals surface area contributed by atoms with Crippen LogP contribution in [0.15, 0.2) is 35.5 Å². The fraction of sp³-hybridized carbons (Fsp3) is 0.531. The number of rotatable bonds is 18. The molecule has 0 saturated carbocycles. The van der Waals surface area contributed by atoms with Gasteiger partial charge in [-0.3, -0.25) is 29.0 Å². The zero-order chi connectivity index (χ0) is 36.1. The minimum atomic E-state index is -1.12. The van der Waals surface area contributed by atoms with Crippen LogP contribution in [-0.2, 0) is 35.2 Å². The first kappa shape index (κ1) is 38.3. The van der Waals surface area contributed by atoms with Gasteiger partial charge in [0.25, 0.3) is 0 Å². The van der Waals surface area contributed by atoms with Gasteiger partial charge in [-0.25, -0.2) is 4.79 Å². The summed E-state index contributed by atoms with van der Waals surface area (Å²) in [6, 6.07) is 3.65. The number of fused-ring (bicyclic) bond motifs is 1. The van der Waals surface area contributed by atoms with Gasteiger partial charge in [0.15, 0.2) is 5.96 Å².